The largest absolute Gasteiger partial charge is 0.463 e. The van der Waals surface area contributed by atoms with Gasteiger partial charge in [-0.15, -0.1) is 0 Å². The highest BCUT2D eigenvalue weighted by atomic mass is 16.5. The lowest BCUT2D eigenvalue weighted by Gasteiger charge is -2.02. The highest BCUT2D eigenvalue weighted by molar-refractivity contribution is 5.97. The van der Waals surface area contributed by atoms with E-state index >= 15 is 0 Å². The number of carbonyl (C=O) groups excluding carboxylic acids is 2. The summed E-state index contributed by atoms with van der Waals surface area (Å²) in [5.74, 6) is -0.241. The fourth-order valence-corrected chi connectivity index (χ4v) is 1.85. The summed E-state index contributed by atoms with van der Waals surface area (Å²) < 4.78 is 6.67. The molecule has 4 heteroatoms. The summed E-state index contributed by atoms with van der Waals surface area (Å²) in [6, 6.07) is 0. The third kappa shape index (κ3) is 3.81. The monoisotopic (exact) mass is 263 g/mol. The van der Waals surface area contributed by atoms with Crippen LogP contribution in [0.3, 0.4) is 0 Å². The van der Waals surface area contributed by atoms with Gasteiger partial charge in [0.1, 0.15) is 0 Å². The Morgan fingerprint density at radius 2 is 1.95 bits per heavy atom. The Bertz CT molecular complexity index is 497. The first kappa shape index (κ1) is 15.2. The van der Waals surface area contributed by atoms with Gasteiger partial charge in [-0.25, -0.2) is 4.79 Å². The number of Topliss-reactive ketones (excluding diaryl/α,β-unsaturated/α-hetero) is 1. The Balaban J connectivity index is 3.05. The van der Waals surface area contributed by atoms with Crippen LogP contribution in [0.4, 0.5) is 0 Å². The molecule has 0 atom stereocenters. The summed E-state index contributed by atoms with van der Waals surface area (Å²) in [6.07, 6.45) is 6.39. The number of nitrogens with zero attached hydrogens (tertiary/aromatic N) is 1. The van der Waals surface area contributed by atoms with Gasteiger partial charge < -0.3 is 9.30 Å². The zero-order chi connectivity index (χ0) is 14.4. The van der Waals surface area contributed by atoms with Gasteiger partial charge in [0, 0.05) is 36.2 Å². The Hall–Kier alpha value is -1.84. The van der Waals surface area contributed by atoms with Gasteiger partial charge in [-0.3, -0.25) is 4.79 Å². The molecule has 0 aliphatic heterocycles. The number of aromatic nitrogens is 1. The molecule has 0 N–H and O–H groups in total. The summed E-state index contributed by atoms with van der Waals surface area (Å²) >= 11 is 0. The molecule has 0 aromatic carbocycles. The number of rotatable bonds is 6. The van der Waals surface area contributed by atoms with Crippen molar-refractivity contribution in [3.63, 3.8) is 0 Å². The first-order valence-corrected chi connectivity index (χ1v) is 6.62. The van der Waals surface area contributed by atoms with Crippen molar-refractivity contribution in [1.82, 2.24) is 4.57 Å². The van der Waals surface area contributed by atoms with Gasteiger partial charge in [0.05, 0.1) is 6.61 Å². The zero-order valence-electron chi connectivity index (χ0n) is 12.0. The van der Waals surface area contributed by atoms with Crippen molar-refractivity contribution in [2.75, 3.05) is 6.61 Å². The van der Waals surface area contributed by atoms with Gasteiger partial charge in [0.25, 0.3) is 0 Å². The van der Waals surface area contributed by atoms with E-state index in [2.05, 4.69) is 0 Å². The number of carbonyl (C=O) groups is 2. The number of ether oxygens (including phenoxy) is 1. The Kier molecular flexibility index (Phi) is 5.55. The number of ketones is 1. The molecule has 0 saturated carbocycles. The van der Waals surface area contributed by atoms with Crippen molar-refractivity contribution in [2.24, 2.45) is 0 Å². The molecule has 0 spiro atoms. The van der Waals surface area contributed by atoms with Crippen LogP contribution in [-0.2, 0) is 16.0 Å². The van der Waals surface area contributed by atoms with Crippen LogP contribution in [0.2, 0.25) is 0 Å². The Morgan fingerprint density at radius 3 is 2.47 bits per heavy atom. The lowest BCUT2D eigenvalue weighted by Crippen LogP contribution is -2.02. The van der Waals surface area contributed by atoms with E-state index in [0.29, 0.717) is 13.0 Å². The first-order chi connectivity index (χ1) is 9.03. The summed E-state index contributed by atoms with van der Waals surface area (Å²) in [6.45, 7) is 7.80. The van der Waals surface area contributed by atoms with Gasteiger partial charge in [0.2, 0.25) is 0 Å². The van der Waals surface area contributed by atoms with Crippen molar-refractivity contribution in [3.8, 4) is 0 Å². The number of esters is 1. The molecule has 0 unspecified atom stereocenters. The van der Waals surface area contributed by atoms with Crippen LogP contribution in [0.5, 0.6) is 0 Å². The van der Waals surface area contributed by atoms with E-state index in [1.54, 1.807) is 17.7 Å². The number of allylic oxidation sites excluding steroid dienone is 1. The third-order valence-electron chi connectivity index (χ3n) is 2.93. The van der Waals surface area contributed by atoms with Crippen LogP contribution >= 0.6 is 0 Å². The van der Waals surface area contributed by atoms with E-state index in [0.717, 1.165) is 23.2 Å². The van der Waals surface area contributed by atoms with E-state index in [1.165, 1.54) is 6.08 Å². The molecule has 0 saturated heterocycles. The van der Waals surface area contributed by atoms with Crippen LogP contribution in [0.15, 0.2) is 18.5 Å². The second-order valence-electron chi connectivity index (χ2n) is 4.27. The minimum absolute atomic E-state index is 0.125. The SMILES string of the molecule is CCOC(=O)/C=C(/C)n1cc(CC)c(C(=O)CC)c1. The van der Waals surface area contributed by atoms with Crippen molar-refractivity contribution in [2.45, 2.75) is 40.5 Å². The van der Waals surface area contributed by atoms with Crippen molar-refractivity contribution in [1.29, 1.82) is 0 Å². The average molecular weight is 263 g/mol. The molecule has 19 heavy (non-hydrogen) atoms. The highest BCUT2D eigenvalue weighted by Crippen LogP contribution is 2.17. The fourth-order valence-electron chi connectivity index (χ4n) is 1.85. The molecule has 104 valence electrons. The molecule has 0 fully saturated rings. The van der Waals surface area contributed by atoms with Crippen LogP contribution in [0, 0.1) is 0 Å². The van der Waals surface area contributed by atoms with Crippen molar-refractivity contribution in [3.05, 3.63) is 29.6 Å². The fraction of sp³-hybridized carbons (Fsp3) is 0.467. The molecule has 0 radical (unpaired) electrons. The van der Waals surface area contributed by atoms with Gasteiger partial charge in [0.15, 0.2) is 5.78 Å². The van der Waals surface area contributed by atoms with Gasteiger partial charge in [-0.1, -0.05) is 13.8 Å². The normalized spacial score (nSPS) is 11.5. The van der Waals surface area contributed by atoms with Crippen LogP contribution < -0.4 is 0 Å². The maximum atomic E-state index is 11.8. The zero-order valence-corrected chi connectivity index (χ0v) is 12.0. The minimum atomic E-state index is -0.366. The maximum absolute atomic E-state index is 11.8. The smallest absolute Gasteiger partial charge is 0.332 e. The minimum Gasteiger partial charge on any atom is -0.463 e. The predicted molar refractivity (Wildman–Crippen MR) is 75.0 cm³/mol. The molecule has 0 bridgehead atoms. The van der Waals surface area contributed by atoms with E-state index < -0.39 is 0 Å². The van der Waals surface area contributed by atoms with Gasteiger partial charge in [-0.2, -0.15) is 0 Å². The topological polar surface area (TPSA) is 48.3 Å². The standard InChI is InChI=1S/C15H21NO3/c1-5-12-9-16(10-13(12)14(17)6-2)11(4)8-15(18)19-7-3/h8-10H,5-7H2,1-4H3/b11-8-. The van der Waals surface area contributed by atoms with E-state index in [-0.39, 0.29) is 11.8 Å². The molecular formula is C15H21NO3. The summed E-state index contributed by atoms with van der Waals surface area (Å²) in [7, 11) is 0. The van der Waals surface area contributed by atoms with E-state index in [1.807, 2.05) is 27.0 Å². The van der Waals surface area contributed by atoms with Crippen molar-refractivity contribution < 1.29 is 14.3 Å². The molecule has 1 aromatic heterocycles. The predicted octanol–water partition coefficient (Wildman–Crippen LogP) is 3.07. The molecule has 4 nitrogen and oxygen atoms in total. The molecule has 1 rings (SSSR count). The maximum Gasteiger partial charge on any atom is 0.332 e. The third-order valence-corrected chi connectivity index (χ3v) is 2.93. The van der Waals surface area contributed by atoms with E-state index in [4.69, 9.17) is 4.74 Å². The summed E-state index contributed by atoms with van der Waals surface area (Å²) in [5.41, 5.74) is 2.48. The number of aryl methyl sites for hydroxylation is 1. The molecular weight excluding hydrogens is 242 g/mol. The Labute approximate surface area is 114 Å². The van der Waals surface area contributed by atoms with E-state index in [9.17, 15) is 9.59 Å². The average Bonchev–Trinajstić information content (AvgIpc) is 2.82. The number of hydrogen-bond acceptors (Lipinski definition) is 3. The molecule has 0 aliphatic rings. The van der Waals surface area contributed by atoms with Crippen LogP contribution in [0.1, 0.15) is 50.0 Å². The first-order valence-electron chi connectivity index (χ1n) is 6.62. The summed E-state index contributed by atoms with van der Waals surface area (Å²) in [4.78, 5) is 23.2. The second kappa shape index (κ2) is 6.92. The molecule has 0 aliphatic carbocycles. The molecule has 1 heterocycles. The van der Waals surface area contributed by atoms with Crippen LogP contribution in [0.25, 0.3) is 5.70 Å². The van der Waals surface area contributed by atoms with Crippen molar-refractivity contribution >= 4 is 17.4 Å². The Morgan fingerprint density at radius 1 is 1.26 bits per heavy atom. The second-order valence-corrected chi connectivity index (χ2v) is 4.27. The van der Waals surface area contributed by atoms with Gasteiger partial charge >= 0.3 is 5.97 Å². The van der Waals surface area contributed by atoms with Crippen LogP contribution in [-0.4, -0.2) is 22.9 Å². The quantitative estimate of drug-likeness (QED) is 0.450. The lowest BCUT2D eigenvalue weighted by atomic mass is 10.1. The molecule has 0 amide bonds. The lowest BCUT2D eigenvalue weighted by molar-refractivity contribution is -0.137. The summed E-state index contributed by atoms with van der Waals surface area (Å²) in [5, 5.41) is 0. The highest BCUT2D eigenvalue weighted by Gasteiger charge is 2.12. The number of hydrogen-bond donors (Lipinski definition) is 0. The molecule has 1 aromatic rings. The van der Waals surface area contributed by atoms with Gasteiger partial charge in [-0.05, 0) is 25.8 Å².